The minimum atomic E-state index is 0.342. The molecule has 4 heterocycles. The zero-order chi connectivity index (χ0) is 17.3. The molecule has 6 rings (SSSR count). The average molecular weight is 342 g/mol. The van der Waals surface area contributed by atoms with Crippen LogP contribution in [-0.4, -0.2) is 31.3 Å². The third kappa shape index (κ3) is 1.84. The number of anilines is 1. The molecule has 0 unspecified atom stereocenters. The SMILES string of the molecule is Cn1cnnc1-c1ccc2[nH]cc(-c3cnc4c(c3)C3(CC3)CN4)c2c1. The van der Waals surface area contributed by atoms with Crippen LogP contribution in [-0.2, 0) is 12.5 Å². The Morgan fingerprint density at radius 3 is 2.88 bits per heavy atom. The summed E-state index contributed by atoms with van der Waals surface area (Å²) in [4.78, 5) is 8.08. The van der Waals surface area contributed by atoms with Gasteiger partial charge in [-0.1, -0.05) is 0 Å². The molecule has 6 nitrogen and oxygen atoms in total. The van der Waals surface area contributed by atoms with Gasteiger partial charge >= 0.3 is 0 Å². The van der Waals surface area contributed by atoms with Gasteiger partial charge in [0.1, 0.15) is 12.1 Å². The molecule has 4 aromatic rings. The molecular weight excluding hydrogens is 324 g/mol. The summed E-state index contributed by atoms with van der Waals surface area (Å²) in [5.74, 6) is 1.93. The summed E-state index contributed by atoms with van der Waals surface area (Å²) in [6.45, 7) is 1.03. The maximum absolute atomic E-state index is 4.69. The average Bonchev–Trinajstić information content (AvgIpc) is 2.98. The summed E-state index contributed by atoms with van der Waals surface area (Å²) in [6, 6.07) is 8.70. The maximum atomic E-state index is 4.69. The molecule has 1 fully saturated rings. The van der Waals surface area contributed by atoms with E-state index in [1.807, 2.05) is 17.8 Å². The van der Waals surface area contributed by atoms with Gasteiger partial charge in [0.2, 0.25) is 0 Å². The lowest BCUT2D eigenvalue weighted by atomic mass is 9.96. The molecule has 2 aliphatic rings. The quantitative estimate of drug-likeness (QED) is 0.585. The van der Waals surface area contributed by atoms with Crippen LogP contribution in [0.3, 0.4) is 0 Å². The Balaban J connectivity index is 1.52. The molecular formula is C20H18N6. The van der Waals surface area contributed by atoms with Crippen molar-refractivity contribution in [1.82, 2.24) is 24.7 Å². The lowest BCUT2D eigenvalue weighted by Crippen LogP contribution is -2.08. The highest BCUT2D eigenvalue weighted by molar-refractivity contribution is 5.97. The van der Waals surface area contributed by atoms with Crippen molar-refractivity contribution in [1.29, 1.82) is 0 Å². The van der Waals surface area contributed by atoms with Gasteiger partial charge in [-0.3, -0.25) is 0 Å². The molecule has 1 aliphatic heterocycles. The van der Waals surface area contributed by atoms with Gasteiger partial charge in [0.15, 0.2) is 5.82 Å². The Morgan fingerprint density at radius 2 is 2.08 bits per heavy atom. The summed E-state index contributed by atoms with van der Waals surface area (Å²) in [5.41, 5.74) is 6.25. The molecule has 26 heavy (non-hydrogen) atoms. The highest BCUT2D eigenvalue weighted by Gasteiger charge is 2.49. The Bertz CT molecular complexity index is 1160. The van der Waals surface area contributed by atoms with Crippen LogP contribution in [0.25, 0.3) is 33.4 Å². The van der Waals surface area contributed by atoms with E-state index in [9.17, 15) is 0 Å². The van der Waals surface area contributed by atoms with E-state index in [0.29, 0.717) is 5.41 Å². The molecule has 0 bridgehead atoms. The summed E-state index contributed by atoms with van der Waals surface area (Å²) < 4.78 is 1.94. The van der Waals surface area contributed by atoms with E-state index in [1.54, 1.807) is 6.33 Å². The van der Waals surface area contributed by atoms with E-state index < -0.39 is 0 Å². The molecule has 0 saturated heterocycles. The van der Waals surface area contributed by atoms with Gasteiger partial charge in [0.25, 0.3) is 0 Å². The minimum absolute atomic E-state index is 0.342. The number of hydrogen-bond donors (Lipinski definition) is 2. The van der Waals surface area contributed by atoms with Gasteiger partial charge in [-0.15, -0.1) is 10.2 Å². The Hall–Kier alpha value is -3.15. The van der Waals surface area contributed by atoms with Crippen molar-refractivity contribution in [2.75, 3.05) is 11.9 Å². The molecule has 3 aromatic heterocycles. The predicted molar refractivity (Wildman–Crippen MR) is 101 cm³/mol. The van der Waals surface area contributed by atoms with Gasteiger partial charge in [0.05, 0.1) is 0 Å². The van der Waals surface area contributed by atoms with Crippen LogP contribution in [0.5, 0.6) is 0 Å². The number of nitrogens with zero attached hydrogens (tertiary/aromatic N) is 4. The first kappa shape index (κ1) is 14.1. The second-order valence-corrected chi connectivity index (χ2v) is 7.48. The summed E-state index contributed by atoms with van der Waals surface area (Å²) in [6.07, 6.45) is 8.32. The van der Waals surface area contributed by atoms with Crippen molar-refractivity contribution in [3.63, 3.8) is 0 Å². The molecule has 128 valence electrons. The van der Waals surface area contributed by atoms with E-state index in [4.69, 9.17) is 4.98 Å². The molecule has 0 radical (unpaired) electrons. The largest absolute Gasteiger partial charge is 0.369 e. The standard InChI is InChI=1S/C20H18N6/c1-26-11-24-25-19(26)12-2-3-17-14(6-12)15(9-21-17)13-7-16-18(22-8-13)23-10-20(16)4-5-20/h2-3,6-9,11,21H,4-5,10H2,1H3,(H,22,23). The van der Waals surface area contributed by atoms with Crippen molar-refractivity contribution in [3.8, 4) is 22.5 Å². The fourth-order valence-electron chi connectivity index (χ4n) is 4.15. The van der Waals surface area contributed by atoms with E-state index in [0.717, 1.165) is 29.3 Å². The van der Waals surface area contributed by atoms with Crippen LogP contribution < -0.4 is 5.32 Å². The maximum Gasteiger partial charge on any atom is 0.163 e. The first-order valence-electron chi connectivity index (χ1n) is 8.94. The molecule has 1 aliphatic carbocycles. The first-order valence-corrected chi connectivity index (χ1v) is 8.94. The number of aryl methyl sites for hydroxylation is 1. The molecule has 1 saturated carbocycles. The van der Waals surface area contributed by atoms with Crippen molar-refractivity contribution >= 4 is 16.7 Å². The second-order valence-electron chi connectivity index (χ2n) is 7.48. The highest BCUT2D eigenvalue weighted by Crippen LogP contribution is 2.54. The monoisotopic (exact) mass is 342 g/mol. The highest BCUT2D eigenvalue weighted by atomic mass is 15.2. The number of aromatic nitrogens is 5. The van der Waals surface area contributed by atoms with Gasteiger partial charge < -0.3 is 14.9 Å². The van der Waals surface area contributed by atoms with Gasteiger partial charge in [-0.05, 0) is 37.1 Å². The van der Waals surface area contributed by atoms with E-state index in [2.05, 4.69) is 51.0 Å². The van der Waals surface area contributed by atoms with Gasteiger partial charge in [-0.25, -0.2) is 4.98 Å². The zero-order valence-electron chi connectivity index (χ0n) is 14.5. The zero-order valence-corrected chi connectivity index (χ0v) is 14.5. The van der Waals surface area contributed by atoms with Crippen LogP contribution in [0.15, 0.2) is 43.0 Å². The molecule has 2 N–H and O–H groups in total. The second kappa shape index (κ2) is 4.72. The van der Waals surface area contributed by atoms with Gasteiger partial charge in [-0.2, -0.15) is 0 Å². The first-order chi connectivity index (χ1) is 12.7. The smallest absolute Gasteiger partial charge is 0.163 e. The third-order valence-electron chi connectivity index (χ3n) is 5.87. The molecule has 0 atom stereocenters. The molecule has 1 aromatic carbocycles. The van der Waals surface area contributed by atoms with E-state index >= 15 is 0 Å². The van der Waals surface area contributed by atoms with Crippen LogP contribution in [0.4, 0.5) is 5.82 Å². The molecule has 6 heteroatoms. The van der Waals surface area contributed by atoms with Crippen molar-refractivity contribution in [2.24, 2.45) is 7.05 Å². The number of rotatable bonds is 2. The number of H-pyrrole nitrogens is 1. The minimum Gasteiger partial charge on any atom is -0.369 e. The topological polar surface area (TPSA) is 71.4 Å². The van der Waals surface area contributed by atoms with Crippen molar-refractivity contribution < 1.29 is 0 Å². The number of aromatic amines is 1. The van der Waals surface area contributed by atoms with Crippen LogP contribution in [0, 0.1) is 0 Å². The van der Waals surface area contributed by atoms with E-state index in [1.165, 1.54) is 34.9 Å². The van der Waals surface area contributed by atoms with E-state index in [-0.39, 0.29) is 0 Å². The Labute approximate surface area is 150 Å². The van der Waals surface area contributed by atoms with Gasteiger partial charge in [0, 0.05) is 64.6 Å². The number of benzene rings is 1. The van der Waals surface area contributed by atoms with Crippen LogP contribution in [0.1, 0.15) is 18.4 Å². The Morgan fingerprint density at radius 1 is 1.15 bits per heavy atom. The number of hydrogen-bond acceptors (Lipinski definition) is 4. The summed E-state index contributed by atoms with van der Waals surface area (Å²) in [5, 5.41) is 12.9. The summed E-state index contributed by atoms with van der Waals surface area (Å²) >= 11 is 0. The number of nitrogens with one attached hydrogen (secondary N) is 2. The fourth-order valence-corrected chi connectivity index (χ4v) is 4.15. The van der Waals surface area contributed by atoms with Crippen molar-refractivity contribution in [2.45, 2.75) is 18.3 Å². The lowest BCUT2D eigenvalue weighted by molar-refractivity contribution is 0.778. The Kier molecular flexibility index (Phi) is 2.55. The summed E-state index contributed by atoms with van der Waals surface area (Å²) in [7, 11) is 1.96. The molecule has 0 amide bonds. The third-order valence-corrected chi connectivity index (χ3v) is 5.87. The molecule has 1 spiro atoms. The number of fused-ring (bicyclic) bond motifs is 3. The lowest BCUT2D eigenvalue weighted by Gasteiger charge is -2.08. The number of pyridine rings is 1. The predicted octanol–water partition coefficient (Wildman–Crippen LogP) is 3.48. The van der Waals surface area contributed by atoms with Crippen molar-refractivity contribution in [3.05, 3.63) is 48.5 Å². The fraction of sp³-hybridized carbons (Fsp3) is 0.250. The van der Waals surface area contributed by atoms with Crippen LogP contribution in [0.2, 0.25) is 0 Å². The van der Waals surface area contributed by atoms with Crippen LogP contribution >= 0.6 is 0 Å². The normalized spacial score (nSPS) is 16.8.